The van der Waals surface area contributed by atoms with Crippen LogP contribution < -0.4 is 21.1 Å². The van der Waals surface area contributed by atoms with Crippen LogP contribution in [0.1, 0.15) is 6.92 Å². The molecule has 114 valence electrons. The second-order valence-electron chi connectivity index (χ2n) is 4.63. The Bertz CT molecular complexity index is 669. The summed E-state index contributed by atoms with van der Waals surface area (Å²) in [6, 6.07) is 13.8. The van der Waals surface area contributed by atoms with E-state index in [1.165, 1.54) is 6.92 Å². The van der Waals surface area contributed by atoms with E-state index < -0.39 is 0 Å². The van der Waals surface area contributed by atoms with Crippen molar-refractivity contribution in [1.29, 1.82) is 0 Å². The number of hydrogen-bond acceptors (Lipinski definition) is 4. The maximum atomic E-state index is 11.8. The molecule has 0 saturated carbocycles. The Balaban J connectivity index is 1.87. The van der Waals surface area contributed by atoms with E-state index in [1.807, 2.05) is 0 Å². The van der Waals surface area contributed by atoms with Crippen LogP contribution in [0.2, 0.25) is 0 Å². The van der Waals surface area contributed by atoms with Gasteiger partial charge in [0.05, 0.1) is 5.69 Å². The first kappa shape index (κ1) is 15.4. The molecule has 0 aliphatic heterocycles. The molecule has 0 heterocycles. The van der Waals surface area contributed by atoms with Crippen LogP contribution in [-0.2, 0) is 9.59 Å². The zero-order valence-corrected chi connectivity index (χ0v) is 12.1. The summed E-state index contributed by atoms with van der Waals surface area (Å²) in [4.78, 5) is 22.7. The SMILES string of the molecule is CC(=O)Nc1ccc(NC(=O)COc2ccccc2N)cc1. The van der Waals surface area contributed by atoms with Crippen molar-refractivity contribution in [2.75, 3.05) is 23.0 Å². The maximum Gasteiger partial charge on any atom is 0.262 e. The summed E-state index contributed by atoms with van der Waals surface area (Å²) < 4.78 is 5.35. The third-order valence-corrected chi connectivity index (χ3v) is 2.77. The van der Waals surface area contributed by atoms with Gasteiger partial charge in [0.2, 0.25) is 5.91 Å². The van der Waals surface area contributed by atoms with E-state index >= 15 is 0 Å². The van der Waals surface area contributed by atoms with E-state index in [-0.39, 0.29) is 18.4 Å². The Morgan fingerprint density at radius 3 is 2.18 bits per heavy atom. The second-order valence-corrected chi connectivity index (χ2v) is 4.63. The van der Waals surface area contributed by atoms with Crippen LogP contribution in [0, 0.1) is 0 Å². The number of carbonyl (C=O) groups is 2. The number of amides is 2. The van der Waals surface area contributed by atoms with E-state index in [0.717, 1.165) is 0 Å². The number of carbonyl (C=O) groups excluding carboxylic acids is 2. The Labute approximate surface area is 128 Å². The monoisotopic (exact) mass is 299 g/mol. The number of rotatable bonds is 5. The van der Waals surface area contributed by atoms with Crippen LogP contribution in [0.3, 0.4) is 0 Å². The first-order valence-electron chi connectivity index (χ1n) is 6.69. The molecule has 0 aromatic heterocycles. The third-order valence-electron chi connectivity index (χ3n) is 2.77. The fourth-order valence-electron chi connectivity index (χ4n) is 1.79. The van der Waals surface area contributed by atoms with E-state index in [1.54, 1.807) is 48.5 Å². The highest BCUT2D eigenvalue weighted by molar-refractivity contribution is 5.93. The van der Waals surface area contributed by atoms with Crippen LogP contribution in [-0.4, -0.2) is 18.4 Å². The standard InChI is InChI=1S/C16H17N3O3/c1-11(20)18-12-6-8-13(9-7-12)19-16(21)10-22-15-5-3-2-4-14(15)17/h2-9H,10,17H2,1H3,(H,18,20)(H,19,21). The van der Waals surface area contributed by atoms with Gasteiger partial charge in [-0.15, -0.1) is 0 Å². The van der Waals surface area contributed by atoms with Gasteiger partial charge in [-0.2, -0.15) is 0 Å². The van der Waals surface area contributed by atoms with E-state index in [4.69, 9.17) is 10.5 Å². The van der Waals surface area contributed by atoms with Gasteiger partial charge in [-0.1, -0.05) is 12.1 Å². The lowest BCUT2D eigenvalue weighted by Gasteiger charge is -2.09. The molecule has 2 aromatic carbocycles. The third kappa shape index (κ3) is 4.52. The first-order chi connectivity index (χ1) is 10.5. The predicted octanol–water partition coefficient (Wildman–Crippen LogP) is 2.24. The van der Waals surface area contributed by atoms with Crippen molar-refractivity contribution in [3.8, 4) is 5.75 Å². The Morgan fingerprint density at radius 1 is 1.00 bits per heavy atom. The van der Waals surface area contributed by atoms with E-state index in [9.17, 15) is 9.59 Å². The van der Waals surface area contributed by atoms with Gasteiger partial charge in [-0.05, 0) is 36.4 Å². The molecule has 0 saturated heterocycles. The average Bonchev–Trinajstić information content (AvgIpc) is 2.48. The molecule has 0 atom stereocenters. The van der Waals surface area contributed by atoms with Gasteiger partial charge >= 0.3 is 0 Å². The largest absolute Gasteiger partial charge is 0.482 e. The molecule has 6 nitrogen and oxygen atoms in total. The number of ether oxygens (including phenoxy) is 1. The minimum absolute atomic E-state index is 0.137. The fraction of sp³-hybridized carbons (Fsp3) is 0.125. The summed E-state index contributed by atoms with van der Waals surface area (Å²) in [5, 5.41) is 5.34. The number of anilines is 3. The van der Waals surface area contributed by atoms with Crippen molar-refractivity contribution in [3.63, 3.8) is 0 Å². The number of nitrogens with two attached hydrogens (primary N) is 1. The Hall–Kier alpha value is -3.02. The molecule has 4 N–H and O–H groups in total. The number of hydrogen-bond donors (Lipinski definition) is 3. The summed E-state index contributed by atoms with van der Waals surface area (Å²) in [7, 11) is 0. The van der Waals surface area contributed by atoms with Crippen LogP contribution in [0.5, 0.6) is 5.75 Å². The number of benzene rings is 2. The lowest BCUT2D eigenvalue weighted by molar-refractivity contribution is -0.118. The summed E-state index contributed by atoms with van der Waals surface area (Å²) in [5.41, 5.74) is 7.49. The summed E-state index contributed by atoms with van der Waals surface area (Å²) in [5.74, 6) is 0.0276. The Kier molecular flexibility index (Phi) is 4.98. The zero-order valence-electron chi connectivity index (χ0n) is 12.1. The molecule has 0 spiro atoms. The lowest BCUT2D eigenvalue weighted by atomic mass is 10.2. The van der Waals surface area contributed by atoms with Crippen molar-refractivity contribution >= 4 is 28.9 Å². The highest BCUT2D eigenvalue weighted by Crippen LogP contribution is 2.19. The molecule has 0 fully saturated rings. The zero-order chi connectivity index (χ0) is 15.9. The summed E-state index contributed by atoms with van der Waals surface area (Å²) >= 11 is 0. The van der Waals surface area contributed by atoms with Gasteiger partial charge in [0.1, 0.15) is 5.75 Å². The number of para-hydroxylation sites is 2. The van der Waals surface area contributed by atoms with Crippen molar-refractivity contribution in [2.45, 2.75) is 6.92 Å². The molecule has 0 bridgehead atoms. The van der Waals surface area contributed by atoms with Gasteiger partial charge < -0.3 is 21.1 Å². The Morgan fingerprint density at radius 2 is 1.59 bits per heavy atom. The van der Waals surface area contributed by atoms with Gasteiger partial charge in [0.15, 0.2) is 6.61 Å². The normalized spacial score (nSPS) is 9.86. The molecule has 0 aliphatic rings. The fourth-order valence-corrected chi connectivity index (χ4v) is 1.79. The summed E-state index contributed by atoms with van der Waals surface area (Å²) in [6.45, 7) is 1.30. The van der Waals surface area contributed by atoms with Crippen molar-refractivity contribution < 1.29 is 14.3 Å². The smallest absolute Gasteiger partial charge is 0.262 e. The minimum Gasteiger partial charge on any atom is -0.482 e. The quantitative estimate of drug-likeness (QED) is 0.738. The molecule has 0 unspecified atom stereocenters. The topological polar surface area (TPSA) is 93.5 Å². The second kappa shape index (κ2) is 7.12. The van der Waals surface area contributed by atoms with Gasteiger partial charge in [-0.25, -0.2) is 0 Å². The van der Waals surface area contributed by atoms with Gasteiger partial charge in [-0.3, -0.25) is 9.59 Å². The average molecular weight is 299 g/mol. The predicted molar refractivity (Wildman–Crippen MR) is 85.7 cm³/mol. The molecular weight excluding hydrogens is 282 g/mol. The maximum absolute atomic E-state index is 11.8. The molecule has 2 aromatic rings. The number of nitrogens with one attached hydrogen (secondary N) is 2. The molecule has 0 radical (unpaired) electrons. The van der Waals surface area contributed by atoms with Crippen LogP contribution in [0.15, 0.2) is 48.5 Å². The van der Waals surface area contributed by atoms with E-state index in [0.29, 0.717) is 22.8 Å². The van der Waals surface area contributed by atoms with Gasteiger partial charge in [0.25, 0.3) is 5.91 Å². The highest BCUT2D eigenvalue weighted by atomic mass is 16.5. The number of nitrogen functional groups attached to an aromatic ring is 1. The van der Waals surface area contributed by atoms with Crippen molar-refractivity contribution in [3.05, 3.63) is 48.5 Å². The summed E-state index contributed by atoms with van der Waals surface area (Å²) in [6.07, 6.45) is 0. The minimum atomic E-state index is -0.296. The first-order valence-corrected chi connectivity index (χ1v) is 6.69. The molecule has 22 heavy (non-hydrogen) atoms. The van der Waals surface area contributed by atoms with Crippen LogP contribution in [0.25, 0.3) is 0 Å². The molecule has 0 aliphatic carbocycles. The van der Waals surface area contributed by atoms with Crippen molar-refractivity contribution in [1.82, 2.24) is 0 Å². The van der Waals surface area contributed by atoms with Crippen LogP contribution in [0.4, 0.5) is 17.1 Å². The van der Waals surface area contributed by atoms with Crippen LogP contribution >= 0.6 is 0 Å². The van der Waals surface area contributed by atoms with Gasteiger partial charge in [0, 0.05) is 18.3 Å². The molecule has 2 amide bonds. The molecule has 2 rings (SSSR count). The lowest BCUT2D eigenvalue weighted by Crippen LogP contribution is -2.20. The molecule has 6 heteroatoms. The highest BCUT2D eigenvalue weighted by Gasteiger charge is 2.05. The molecular formula is C16H17N3O3. The van der Waals surface area contributed by atoms with Crippen molar-refractivity contribution in [2.24, 2.45) is 0 Å². The van der Waals surface area contributed by atoms with E-state index in [2.05, 4.69) is 10.6 Å².